The Hall–Kier alpha value is -4.16. The van der Waals surface area contributed by atoms with E-state index < -0.39 is 0 Å². The van der Waals surface area contributed by atoms with Crippen molar-refractivity contribution in [3.05, 3.63) is 76.8 Å². The van der Waals surface area contributed by atoms with Crippen LogP contribution in [0.3, 0.4) is 0 Å². The van der Waals surface area contributed by atoms with E-state index in [0.717, 1.165) is 109 Å². The number of pyridine rings is 2. The first-order valence-corrected chi connectivity index (χ1v) is 19.2. The van der Waals surface area contributed by atoms with Crippen LogP contribution >= 0.6 is 23.4 Å². The monoisotopic (exact) mass is 740 g/mol. The van der Waals surface area contributed by atoms with E-state index in [1.165, 1.54) is 0 Å². The number of hydrogen-bond acceptors (Lipinski definition) is 9. The van der Waals surface area contributed by atoms with Crippen molar-refractivity contribution >= 4 is 35.2 Å². The number of ether oxygens (including phenoxy) is 2. The molecule has 7 rings (SSSR count). The van der Waals surface area contributed by atoms with Gasteiger partial charge >= 0.3 is 0 Å². The molecule has 3 saturated heterocycles. The molecule has 1 spiro atoms. The van der Waals surface area contributed by atoms with Crippen LogP contribution in [-0.4, -0.2) is 114 Å². The lowest BCUT2D eigenvalue weighted by atomic mass is 9.72. The lowest BCUT2D eigenvalue weighted by Gasteiger charge is -2.60. The first-order valence-electron chi connectivity index (χ1n) is 17.6. The Labute approximate surface area is 315 Å². The van der Waals surface area contributed by atoms with Crippen LogP contribution < -0.4 is 9.47 Å². The van der Waals surface area contributed by atoms with Crippen LogP contribution in [0.15, 0.2) is 65.6 Å². The Morgan fingerprint density at radius 2 is 1.21 bits per heavy atom. The fourth-order valence-corrected chi connectivity index (χ4v) is 8.96. The normalized spacial score (nSPS) is 17.1. The van der Waals surface area contributed by atoms with Gasteiger partial charge in [-0.15, -0.1) is 11.8 Å². The minimum absolute atomic E-state index is 0.120. The van der Waals surface area contributed by atoms with E-state index in [1.807, 2.05) is 40.1 Å². The van der Waals surface area contributed by atoms with Crippen molar-refractivity contribution in [2.75, 3.05) is 72.8 Å². The summed E-state index contributed by atoms with van der Waals surface area (Å²) < 4.78 is 11.6. The Kier molecular flexibility index (Phi) is 10.5. The number of aromatic nitrogens is 2. The zero-order valence-electron chi connectivity index (χ0n) is 30.4. The minimum Gasteiger partial charge on any atom is -0.481 e. The molecule has 2 aromatic heterocycles. The summed E-state index contributed by atoms with van der Waals surface area (Å²) in [6.07, 6.45) is 2.07. The SMILES string of the molecule is COc1nc(-c2cccc(-c3cccc(-c4ccc(CN5CC6(C5)CN(C(C)=O)C6)c(OC)n4)c3SC)c2Cl)ccc1CN1CCN(C(C)=O)CC1. The summed E-state index contributed by atoms with van der Waals surface area (Å²) in [6.45, 7) is 11.5. The second kappa shape index (κ2) is 15.1. The summed E-state index contributed by atoms with van der Waals surface area (Å²) in [6, 6.07) is 20.6. The van der Waals surface area contributed by atoms with Gasteiger partial charge in [-0.3, -0.25) is 19.4 Å². The number of methoxy groups -OCH3 is 2. The molecule has 272 valence electrons. The lowest BCUT2D eigenvalue weighted by molar-refractivity contribution is -0.157. The van der Waals surface area contributed by atoms with E-state index in [1.54, 1.807) is 39.8 Å². The van der Waals surface area contributed by atoms with E-state index in [9.17, 15) is 9.59 Å². The molecule has 2 amide bonds. The Bertz CT molecular complexity index is 1990. The molecule has 52 heavy (non-hydrogen) atoms. The molecule has 0 N–H and O–H groups in total. The van der Waals surface area contributed by atoms with E-state index >= 15 is 0 Å². The van der Waals surface area contributed by atoms with Crippen molar-refractivity contribution in [2.45, 2.75) is 31.8 Å². The fourth-order valence-electron chi connectivity index (χ4n) is 7.84. The Morgan fingerprint density at radius 1 is 0.692 bits per heavy atom. The standard InChI is InChI=1S/C40H45ClN6O4S/c1-26(48)46-18-16-44(17-19-46)20-28-12-14-34(42-38(28)50-3)32-10-6-8-30(36(32)41)31-9-7-11-33(37(31)52-5)35-15-13-29(39(43-35)51-4)21-45-22-40(23-45)24-47(25-40)27(2)49/h6-15H,16-25H2,1-5H3. The molecule has 3 aliphatic rings. The van der Waals surface area contributed by atoms with Crippen LogP contribution in [-0.2, 0) is 22.7 Å². The van der Waals surface area contributed by atoms with Crippen LogP contribution in [0.25, 0.3) is 33.6 Å². The largest absolute Gasteiger partial charge is 0.481 e. The van der Waals surface area contributed by atoms with Gasteiger partial charge in [-0.2, -0.15) is 0 Å². The van der Waals surface area contributed by atoms with E-state index in [0.29, 0.717) is 23.3 Å². The number of piperazine rings is 1. The molecule has 0 bridgehead atoms. The molecule has 0 radical (unpaired) electrons. The lowest BCUT2D eigenvalue weighted by Crippen LogP contribution is -2.72. The van der Waals surface area contributed by atoms with Crippen molar-refractivity contribution < 1.29 is 19.1 Å². The van der Waals surface area contributed by atoms with Gasteiger partial charge in [-0.1, -0.05) is 60.1 Å². The summed E-state index contributed by atoms with van der Waals surface area (Å²) in [5.74, 6) is 1.47. The molecular weight excluding hydrogens is 696 g/mol. The summed E-state index contributed by atoms with van der Waals surface area (Å²) in [4.78, 5) is 42.9. The molecule has 3 aliphatic heterocycles. The molecule has 5 heterocycles. The van der Waals surface area contributed by atoms with Crippen LogP contribution in [0.4, 0.5) is 0 Å². The van der Waals surface area contributed by atoms with Gasteiger partial charge in [0.15, 0.2) is 0 Å². The summed E-state index contributed by atoms with van der Waals surface area (Å²) in [5, 5.41) is 0.615. The number of nitrogens with zero attached hydrogens (tertiary/aromatic N) is 6. The topological polar surface area (TPSA) is 91.3 Å². The van der Waals surface area contributed by atoms with Crippen LogP contribution in [0.5, 0.6) is 11.8 Å². The number of rotatable bonds is 10. The first kappa shape index (κ1) is 36.2. The maximum absolute atomic E-state index is 11.8. The number of likely N-dealkylation sites (tertiary alicyclic amines) is 2. The van der Waals surface area contributed by atoms with Gasteiger partial charge in [0.05, 0.1) is 30.6 Å². The highest BCUT2D eigenvalue weighted by Crippen LogP contribution is 2.44. The zero-order valence-corrected chi connectivity index (χ0v) is 32.0. The number of amides is 2. The molecule has 3 fully saturated rings. The highest BCUT2D eigenvalue weighted by molar-refractivity contribution is 7.98. The molecule has 2 aromatic carbocycles. The molecule has 10 nitrogen and oxygen atoms in total. The van der Waals surface area contributed by atoms with Crippen molar-refractivity contribution in [1.82, 2.24) is 29.6 Å². The number of thioether (sulfide) groups is 1. The first-order chi connectivity index (χ1) is 25.1. The van der Waals surface area contributed by atoms with Gasteiger partial charge in [-0.05, 0) is 24.0 Å². The summed E-state index contributed by atoms with van der Waals surface area (Å²) >= 11 is 8.90. The van der Waals surface area contributed by atoms with Gasteiger partial charge in [0.25, 0.3) is 0 Å². The molecular formula is C40H45ClN6O4S. The fraction of sp³-hybridized carbons (Fsp3) is 0.400. The van der Waals surface area contributed by atoms with Crippen LogP contribution in [0.1, 0.15) is 25.0 Å². The molecule has 12 heteroatoms. The quantitative estimate of drug-likeness (QED) is 0.177. The van der Waals surface area contributed by atoms with Crippen molar-refractivity contribution in [3.8, 4) is 45.4 Å². The van der Waals surface area contributed by atoms with Gasteiger partial charge in [-0.25, -0.2) is 9.97 Å². The molecule has 0 atom stereocenters. The van der Waals surface area contributed by atoms with E-state index in [-0.39, 0.29) is 17.2 Å². The van der Waals surface area contributed by atoms with Gasteiger partial charge in [0.2, 0.25) is 23.6 Å². The summed E-state index contributed by atoms with van der Waals surface area (Å²) in [7, 11) is 3.32. The van der Waals surface area contributed by atoms with Gasteiger partial charge < -0.3 is 19.3 Å². The summed E-state index contributed by atoms with van der Waals surface area (Å²) in [5.41, 5.74) is 7.61. The van der Waals surface area contributed by atoms with E-state index in [2.05, 4.69) is 46.4 Å². The van der Waals surface area contributed by atoms with Crippen molar-refractivity contribution in [3.63, 3.8) is 0 Å². The number of halogens is 1. The third-order valence-corrected chi connectivity index (χ3v) is 11.8. The minimum atomic E-state index is 0.120. The smallest absolute Gasteiger partial charge is 0.219 e. The predicted octanol–water partition coefficient (Wildman–Crippen LogP) is 6.20. The number of benzene rings is 2. The highest BCUT2D eigenvalue weighted by atomic mass is 35.5. The zero-order chi connectivity index (χ0) is 36.6. The van der Waals surface area contributed by atoms with Gasteiger partial charge in [0, 0.05) is 117 Å². The van der Waals surface area contributed by atoms with Crippen molar-refractivity contribution in [1.29, 1.82) is 0 Å². The number of carbonyl (C=O) groups excluding carboxylic acids is 2. The Balaban J connectivity index is 1.11. The van der Waals surface area contributed by atoms with Gasteiger partial charge in [0.1, 0.15) is 0 Å². The average molecular weight is 741 g/mol. The predicted molar refractivity (Wildman–Crippen MR) is 206 cm³/mol. The third kappa shape index (κ3) is 7.11. The average Bonchev–Trinajstić information content (AvgIpc) is 3.12. The van der Waals surface area contributed by atoms with Crippen LogP contribution in [0, 0.1) is 5.41 Å². The second-order valence-electron chi connectivity index (χ2n) is 14.1. The van der Waals surface area contributed by atoms with Crippen LogP contribution in [0.2, 0.25) is 5.02 Å². The maximum Gasteiger partial charge on any atom is 0.219 e. The second-order valence-corrected chi connectivity index (χ2v) is 15.3. The highest BCUT2D eigenvalue weighted by Gasteiger charge is 2.52. The molecule has 0 saturated carbocycles. The number of hydrogen-bond donors (Lipinski definition) is 0. The van der Waals surface area contributed by atoms with Crippen molar-refractivity contribution in [2.24, 2.45) is 5.41 Å². The Morgan fingerprint density at radius 3 is 1.77 bits per heavy atom. The third-order valence-electron chi connectivity index (χ3n) is 10.5. The molecule has 0 unspecified atom stereocenters. The number of carbonyl (C=O) groups is 2. The maximum atomic E-state index is 11.8. The molecule has 0 aliphatic carbocycles. The van der Waals surface area contributed by atoms with E-state index in [4.69, 9.17) is 31.0 Å². The molecule has 4 aromatic rings.